The van der Waals surface area contributed by atoms with Crippen molar-refractivity contribution in [1.82, 2.24) is 10.8 Å². The van der Waals surface area contributed by atoms with Crippen molar-refractivity contribution >= 4 is 17.8 Å². The molecule has 0 radical (unpaired) electrons. The first-order chi connectivity index (χ1) is 13.0. The van der Waals surface area contributed by atoms with Gasteiger partial charge in [-0.2, -0.15) is 0 Å². The summed E-state index contributed by atoms with van der Waals surface area (Å²) in [5, 5.41) is 20.4. The molecule has 0 aliphatic heterocycles. The molecule has 2 rings (SSSR count). The van der Waals surface area contributed by atoms with Gasteiger partial charge < -0.3 is 10.4 Å². The van der Waals surface area contributed by atoms with Crippen molar-refractivity contribution < 1.29 is 24.7 Å². The van der Waals surface area contributed by atoms with Crippen molar-refractivity contribution in [2.24, 2.45) is 5.92 Å². The lowest BCUT2D eigenvalue weighted by Crippen LogP contribution is -2.37. The van der Waals surface area contributed by atoms with E-state index in [0.717, 1.165) is 11.1 Å². The van der Waals surface area contributed by atoms with Gasteiger partial charge in [0.2, 0.25) is 11.8 Å². The molecular formula is C20H22N2O5. The van der Waals surface area contributed by atoms with Crippen molar-refractivity contribution in [1.29, 1.82) is 0 Å². The number of rotatable bonds is 9. The second-order valence-corrected chi connectivity index (χ2v) is 6.15. The van der Waals surface area contributed by atoms with Crippen LogP contribution in [0.2, 0.25) is 0 Å². The van der Waals surface area contributed by atoms with E-state index in [4.69, 9.17) is 10.3 Å². The number of carbonyl (C=O) groups excluding carboxylic acids is 2. The number of hydrogen-bond acceptors (Lipinski definition) is 4. The van der Waals surface area contributed by atoms with Gasteiger partial charge in [-0.25, -0.2) is 5.48 Å². The van der Waals surface area contributed by atoms with Crippen LogP contribution in [0.25, 0.3) is 0 Å². The summed E-state index contributed by atoms with van der Waals surface area (Å²) in [5.74, 6) is -3.73. The first-order valence-corrected chi connectivity index (χ1v) is 8.53. The van der Waals surface area contributed by atoms with Gasteiger partial charge in [0, 0.05) is 18.9 Å². The van der Waals surface area contributed by atoms with E-state index in [2.05, 4.69) is 5.32 Å². The lowest BCUT2D eigenvalue weighted by molar-refractivity contribution is -0.142. The first kappa shape index (κ1) is 20.1. The van der Waals surface area contributed by atoms with Crippen LogP contribution in [0.5, 0.6) is 0 Å². The van der Waals surface area contributed by atoms with Crippen molar-refractivity contribution in [3.63, 3.8) is 0 Å². The first-order valence-electron chi connectivity index (χ1n) is 8.53. The number of carbonyl (C=O) groups is 3. The minimum Gasteiger partial charge on any atom is -0.481 e. The fourth-order valence-corrected chi connectivity index (χ4v) is 2.88. The second kappa shape index (κ2) is 10.1. The summed E-state index contributed by atoms with van der Waals surface area (Å²) >= 11 is 0. The lowest BCUT2D eigenvalue weighted by Gasteiger charge is -2.21. The quantitative estimate of drug-likeness (QED) is 0.398. The zero-order valence-corrected chi connectivity index (χ0v) is 14.7. The predicted octanol–water partition coefficient (Wildman–Crippen LogP) is 1.92. The maximum Gasteiger partial charge on any atom is 0.304 e. The molecule has 0 aliphatic rings. The standard InChI is InChI=1S/C20H22N2O5/c23-18(22-27)11-16(12-19(24)25)20(26)21-13-17(14-7-3-1-4-8-14)15-9-5-2-6-10-15/h1-10,16-17,27H,11-13H2,(H,21,26)(H,22,23)(H,24,25). The topological polar surface area (TPSA) is 116 Å². The highest BCUT2D eigenvalue weighted by Gasteiger charge is 2.25. The lowest BCUT2D eigenvalue weighted by atomic mass is 9.91. The van der Waals surface area contributed by atoms with Gasteiger partial charge in [-0.1, -0.05) is 60.7 Å². The van der Waals surface area contributed by atoms with Crippen LogP contribution < -0.4 is 10.8 Å². The van der Waals surface area contributed by atoms with E-state index in [9.17, 15) is 14.4 Å². The Morgan fingerprint density at radius 1 is 0.852 bits per heavy atom. The molecule has 0 aromatic heterocycles. The van der Waals surface area contributed by atoms with Crippen LogP contribution in [-0.2, 0) is 14.4 Å². The zero-order chi connectivity index (χ0) is 19.6. The summed E-state index contributed by atoms with van der Waals surface area (Å²) in [6, 6.07) is 19.3. The third-order valence-corrected chi connectivity index (χ3v) is 4.23. The molecular weight excluding hydrogens is 348 g/mol. The van der Waals surface area contributed by atoms with Crippen LogP contribution in [0.4, 0.5) is 0 Å². The Morgan fingerprint density at radius 3 is 1.81 bits per heavy atom. The SMILES string of the molecule is O=C(O)CC(CC(=O)NO)C(=O)NCC(c1ccccc1)c1ccccc1. The number of hydrogen-bond donors (Lipinski definition) is 4. The highest BCUT2D eigenvalue weighted by atomic mass is 16.5. The van der Waals surface area contributed by atoms with E-state index < -0.39 is 36.5 Å². The van der Waals surface area contributed by atoms with Crippen molar-refractivity contribution in [2.45, 2.75) is 18.8 Å². The minimum absolute atomic E-state index is 0.117. The van der Waals surface area contributed by atoms with Gasteiger partial charge in [-0.15, -0.1) is 0 Å². The molecule has 2 aromatic carbocycles. The molecule has 27 heavy (non-hydrogen) atoms. The molecule has 2 amide bonds. The summed E-state index contributed by atoms with van der Waals surface area (Å²) in [4.78, 5) is 34.8. The molecule has 0 fully saturated rings. The van der Waals surface area contributed by atoms with Crippen LogP contribution in [-0.4, -0.2) is 34.6 Å². The highest BCUT2D eigenvalue weighted by Crippen LogP contribution is 2.24. The number of benzene rings is 2. The molecule has 0 bridgehead atoms. The third-order valence-electron chi connectivity index (χ3n) is 4.23. The minimum atomic E-state index is -1.19. The van der Waals surface area contributed by atoms with Gasteiger partial charge in [0.1, 0.15) is 0 Å². The Bertz CT molecular complexity index is 725. The van der Waals surface area contributed by atoms with E-state index in [-0.39, 0.29) is 12.5 Å². The molecule has 4 N–H and O–H groups in total. The third kappa shape index (κ3) is 6.23. The largest absolute Gasteiger partial charge is 0.481 e. The van der Waals surface area contributed by atoms with Crippen LogP contribution >= 0.6 is 0 Å². The molecule has 0 saturated heterocycles. The van der Waals surface area contributed by atoms with E-state index in [1.54, 1.807) is 0 Å². The van der Waals surface area contributed by atoms with Gasteiger partial charge in [0.05, 0.1) is 12.3 Å². The number of carboxylic acids is 1. The Balaban J connectivity index is 2.13. The Labute approximate surface area is 157 Å². The fourth-order valence-electron chi connectivity index (χ4n) is 2.88. The van der Waals surface area contributed by atoms with Crippen molar-refractivity contribution in [3.8, 4) is 0 Å². The van der Waals surface area contributed by atoms with E-state index in [1.807, 2.05) is 60.7 Å². The number of carboxylic acid groups (broad SMARTS) is 1. The molecule has 2 aromatic rings. The Hall–Kier alpha value is -3.19. The van der Waals surface area contributed by atoms with Crippen LogP contribution in [0.3, 0.4) is 0 Å². The van der Waals surface area contributed by atoms with Gasteiger partial charge in [0.15, 0.2) is 0 Å². The molecule has 0 saturated carbocycles. The van der Waals surface area contributed by atoms with Crippen LogP contribution in [0.1, 0.15) is 29.9 Å². The number of aliphatic carboxylic acids is 1. The Morgan fingerprint density at radius 2 is 1.37 bits per heavy atom. The average Bonchev–Trinajstić information content (AvgIpc) is 2.68. The van der Waals surface area contributed by atoms with Crippen molar-refractivity contribution in [2.75, 3.05) is 6.54 Å². The summed E-state index contributed by atoms with van der Waals surface area (Å²) in [6.07, 6.45) is -0.906. The summed E-state index contributed by atoms with van der Waals surface area (Å²) in [7, 11) is 0. The van der Waals surface area contributed by atoms with E-state index in [0.29, 0.717) is 0 Å². The number of hydroxylamine groups is 1. The molecule has 0 spiro atoms. The maximum absolute atomic E-state index is 12.5. The average molecular weight is 370 g/mol. The van der Waals surface area contributed by atoms with Gasteiger partial charge in [0.25, 0.3) is 0 Å². The second-order valence-electron chi connectivity index (χ2n) is 6.15. The predicted molar refractivity (Wildman–Crippen MR) is 98.0 cm³/mol. The zero-order valence-electron chi connectivity index (χ0n) is 14.7. The van der Waals surface area contributed by atoms with Gasteiger partial charge in [-0.05, 0) is 11.1 Å². The smallest absolute Gasteiger partial charge is 0.304 e. The van der Waals surface area contributed by atoms with E-state index >= 15 is 0 Å². The summed E-state index contributed by atoms with van der Waals surface area (Å²) < 4.78 is 0. The normalized spacial score (nSPS) is 11.6. The molecule has 1 unspecified atom stereocenters. The van der Waals surface area contributed by atoms with Gasteiger partial charge >= 0.3 is 5.97 Å². The summed E-state index contributed by atoms with van der Waals surface area (Å²) in [6.45, 7) is 0.254. The van der Waals surface area contributed by atoms with Crippen molar-refractivity contribution in [3.05, 3.63) is 71.8 Å². The van der Waals surface area contributed by atoms with Crippen LogP contribution in [0, 0.1) is 5.92 Å². The molecule has 7 nitrogen and oxygen atoms in total. The number of amides is 2. The molecule has 142 valence electrons. The molecule has 0 aliphatic carbocycles. The Kier molecular flexibility index (Phi) is 7.51. The highest BCUT2D eigenvalue weighted by molar-refractivity contribution is 5.88. The van der Waals surface area contributed by atoms with E-state index in [1.165, 1.54) is 5.48 Å². The number of nitrogens with one attached hydrogen (secondary N) is 2. The molecule has 7 heteroatoms. The maximum atomic E-state index is 12.5. The molecule has 1 atom stereocenters. The summed E-state index contributed by atoms with van der Waals surface area (Å²) in [5.41, 5.74) is 3.44. The van der Waals surface area contributed by atoms with Crippen LogP contribution in [0.15, 0.2) is 60.7 Å². The monoisotopic (exact) mass is 370 g/mol. The molecule has 0 heterocycles. The van der Waals surface area contributed by atoms with Gasteiger partial charge in [-0.3, -0.25) is 19.6 Å². The fraction of sp³-hybridized carbons (Fsp3) is 0.250.